The van der Waals surface area contributed by atoms with Gasteiger partial charge in [0.15, 0.2) is 0 Å². The van der Waals surface area contributed by atoms with E-state index >= 15 is 0 Å². The van der Waals surface area contributed by atoms with E-state index in [1.165, 1.54) is 12.8 Å². The molecule has 66 valence electrons. The molecule has 0 radical (unpaired) electrons. The van der Waals surface area contributed by atoms with Gasteiger partial charge in [-0.05, 0) is 62.7 Å². The number of rotatable bonds is 0. The van der Waals surface area contributed by atoms with Gasteiger partial charge in [0.2, 0.25) is 0 Å². The van der Waals surface area contributed by atoms with E-state index in [4.69, 9.17) is 0 Å². The van der Waals surface area contributed by atoms with Crippen LogP contribution < -0.4 is 0 Å². The average molecular weight is 162 g/mol. The van der Waals surface area contributed by atoms with Crippen molar-refractivity contribution in [3.05, 3.63) is 11.6 Å². The Morgan fingerprint density at radius 2 is 1.92 bits per heavy atom. The van der Waals surface area contributed by atoms with E-state index < -0.39 is 0 Å². The molecule has 0 aliphatic heterocycles. The summed E-state index contributed by atoms with van der Waals surface area (Å²) in [5.74, 6) is 4.47. The first-order valence-corrected chi connectivity index (χ1v) is 5.50. The highest BCUT2D eigenvalue weighted by Gasteiger charge is 2.47. The van der Waals surface area contributed by atoms with Crippen molar-refractivity contribution >= 4 is 0 Å². The maximum absolute atomic E-state index is 2.50. The lowest BCUT2D eigenvalue weighted by Gasteiger charge is -2.34. The Bertz CT molecular complexity index is 226. The molecule has 0 nitrogen and oxygen atoms in total. The van der Waals surface area contributed by atoms with Crippen molar-refractivity contribution in [1.29, 1.82) is 0 Å². The van der Waals surface area contributed by atoms with Crippen LogP contribution in [-0.2, 0) is 0 Å². The van der Waals surface area contributed by atoms with E-state index in [2.05, 4.69) is 13.0 Å². The van der Waals surface area contributed by atoms with Crippen molar-refractivity contribution in [2.45, 2.75) is 39.0 Å². The summed E-state index contributed by atoms with van der Waals surface area (Å²) in [6.45, 7) is 2.32. The highest BCUT2D eigenvalue weighted by Crippen LogP contribution is 2.56. The fraction of sp³-hybridized carbons (Fsp3) is 0.833. The van der Waals surface area contributed by atoms with Crippen LogP contribution in [0.15, 0.2) is 11.6 Å². The maximum atomic E-state index is 2.50. The van der Waals surface area contributed by atoms with Gasteiger partial charge in [0, 0.05) is 0 Å². The molecule has 3 aliphatic carbocycles. The summed E-state index contributed by atoms with van der Waals surface area (Å²) in [5.41, 5.74) is 1.67. The molecule has 0 aromatic carbocycles. The second-order valence-corrected chi connectivity index (χ2v) is 5.15. The number of hydrogen-bond donors (Lipinski definition) is 0. The van der Waals surface area contributed by atoms with Crippen molar-refractivity contribution in [3.63, 3.8) is 0 Å². The van der Waals surface area contributed by atoms with Crippen molar-refractivity contribution < 1.29 is 0 Å². The Kier molecular flexibility index (Phi) is 1.42. The zero-order valence-electron chi connectivity index (χ0n) is 7.92. The molecule has 0 heteroatoms. The van der Waals surface area contributed by atoms with Crippen LogP contribution in [0.2, 0.25) is 0 Å². The second-order valence-electron chi connectivity index (χ2n) is 5.15. The van der Waals surface area contributed by atoms with Gasteiger partial charge in [0.25, 0.3) is 0 Å². The molecule has 0 N–H and O–H groups in total. The fourth-order valence-corrected chi connectivity index (χ4v) is 4.01. The molecule has 2 bridgehead atoms. The standard InChI is InChI=1S/C12H18/c1-8-2-5-11-9-3-4-10(7-9)12(11)6-8/h2,9-12H,3-7H2,1H3/t9-,10?,11+,12-/m0/s1. The highest BCUT2D eigenvalue weighted by molar-refractivity contribution is 5.11. The Morgan fingerprint density at radius 1 is 1.17 bits per heavy atom. The topological polar surface area (TPSA) is 0 Å². The molecule has 0 spiro atoms. The lowest BCUT2D eigenvalue weighted by atomic mass is 9.72. The van der Waals surface area contributed by atoms with Crippen molar-refractivity contribution in [3.8, 4) is 0 Å². The monoisotopic (exact) mass is 162 g/mol. The van der Waals surface area contributed by atoms with Gasteiger partial charge in [-0.1, -0.05) is 11.6 Å². The second kappa shape index (κ2) is 2.37. The third-order valence-corrected chi connectivity index (χ3v) is 4.57. The molecule has 3 aliphatic rings. The van der Waals surface area contributed by atoms with E-state index in [-0.39, 0.29) is 0 Å². The molecule has 4 atom stereocenters. The minimum absolute atomic E-state index is 1.10. The molecule has 12 heavy (non-hydrogen) atoms. The summed E-state index contributed by atoms with van der Waals surface area (Å²) in [7, 11) is 0. The summed E-state index contributed by atoms with van der Waals surface area (Å²) in [6.07, 6.45) is 10.0. The molecule has 0 heterocycles. The van der Waals surface area contributed by atoms with E-state index in [0.29, 0.717) is 0 Å². The molecule has 0 amide bonds. The molecule has 2 fully saturated rings. The highest BCUT2D eigenvalue weighted by atomic mass is 14.5. The zero-order valence-corrected chi connectivity index (χ0v) is 7.92. The Labute approximate surface area is 75.0 Å². The molecular formula is C12H18. The molecule has 2 saturated carbocycles. The first-order valence-electron chi connectivity index (χ1n) is 5.50. The van der Waals surface area contributed by atoms with E-state index in [0.717, 1.165) is 23.7 Å². The van der Waals surface area contributed by atoms with E-state index in [9.17, 15) is 0 Å². The average Bonchev–Trinajstić information content (AvgIpc) is 2.63. The third-order valence-electron chi connectivity index (χ3n) is 4.57. The molecule has 0 saturated heterocycles. The van der Waals surface area contributed by atoms with Crippen LogP contribution in [0.3, 0.4) is 0 Å². The van der Waals surface area contributed by atoms with Gasteiger partial charge >= 0.3 is 0 Å². The van der Waals surface area contributed by atoms with Crippen molar-refractivity contribution in [2.75, 3.05) is 0 Å². The number of fused-ring (bicyclic) bond motifs is 5. The van der Waals surface area contributed by atoms with E-state index in [1.807, 2.05) is 0 Å². The van der Waals surface area contributed by atoms with Gasteiger partial charge in [0.1, 0.15) is 0 Å². The summed E-state index contributed by atoms with van der Waals surface area (Å²) in [4.78, 5) is 0. The Balaban J connectivity index is 1.88. The lowest BCUT2D eigenvalue weighted by molar-refractivity contribution is 0.210. The fourth-order valence-electron chi connectivity index (χ4n) is 4.01. The summed E-state index contributed by atoms with van der Waals surface area (Å²) >= 11 is 0. The van der Waals surface area contributed by atoms with Gasteiger partial charge < -0.3 is 0 Å². The van der Waals surface area contributed by atoms with Crippen LogP contribution in [-0.4, -0.2) is 0 Å². The van der Waals surface area contributed by atoms with Crippen molar-refractivity contribution in [2.24, 2.45) is 23.7 Å². The number of hydrogen-bond acceptors (Lipinski definition) is 0. The third kappa shape index (κ3) is 0.841. The molecular weight excluding hydrogens is 144 g/mol. The Hall–Kier alpha value is -0.260. The quantitative estimate of drug-likeness (QED) is 0.479. The smallest absolute Gasteiger partial charge is 0.0289 e. The maximum Gasteiger partial charge on any atom is -0.0289 e. The molecule has 0 aromatic heterocycles. The molecule has 1 unspecified atom stereocenters. The van der Waals surface area contributed by atoms with Crippen LogP contribution in [0, 0.1) is 23.7 Å². The van der Waals surface area contributed by atoms with Gasteiger partial charge in [-0.25, -0.2) is 0 Å². The van der Waals surface area contributed by atoms with Crippen LogP contribution in [0.1, 0.15) is 39.0 Å². The molecule has 3 rings (SSSR count). The predicted molar refractivity (Wildman–Crippen MR) is 50.8 cm³/mol. The lowest BCUT2D eigenvalue weighted by Crippen LogP contribution is -2.24. The van der Waals surface area contributed by atoms with Crippen LogP contribution in [0.5, 0.6) is 0 Å². The van der Waals surface area contributed by atoms with Gasteiger partial charge in [-0.2, -0.15) is 0 Å². The summed E-state index contributed by atoms with van der Waals surface area (Å²) < 4.78 is 0. The van der Waals surface area contributed by atoms with Gasteiger partial charge in [-0.15, -0.1) is 0 Å². The minimum atomic E-state index is 1.10. The number of allylic oxidation sites excluding steroid dienone is 2. The van der Waals surface area contributed by atoms with Crippen LogP contribution in [0.4, 0.5) is 0 Å². The van der Waals surface area contributed by atoms with E-state index in [1.54, 1.807) is 24.8 Å². The molecule has 0 aromatic rings. The predicted octanol–water partition coefficient (Wildman–Crippen LogP) is 3.39. The normalized spacial score (nSPS) is 50.6. The summed E-state index contributed by atoms with van der Waals surface area (Å²) in [5, 5.41) is 0. The summed E-state index contributed by atoms with van der Waals surface area (Å²) in [6, 6.07) is 0. The minimum Gasteiger partial charge on any atom is -0.0853 e. The first-order chi connectivity index (χ1) is 5.84. The van der Waals surface area contributed by atoms with Crippen molar-refractivity contribution in [1.82, 2.24) is 0 Å². The largest absolute Gasteiger partial charge is 0.0853 e. The first kappa shape index (κ1) is 7.17. The van der Waals surface area contributed by atoms with Gasteiger partial charge in [-0.3, -0.25) is 0 Å². The van der Waals surface area contributed by atoms with Crippen LogP contribution >= 0.6 is 0 Å². The SMILES string of the molecule is CC1=CC[C@@H]2[C@H]3CCC(C3)[C@@H]2C1. The zero-order chi connectivity index (χ0) is 8.13. The van der Waals surface area contributed by atoms with Crippen LogP contribution in [0.25, 0.3) is 0 Å². The Morgan fingerprint density at radius 3 is 2.75 bits per heavy atom. The van der Waals surface area contributed by atoms with Gasteiger partial charge in [0.05, 0.1) is 0 Å².